The van der Waals surface area contributed by atoms with Crippen LogP contribution in [0.4, 0.5) is 5.69 Å². The van der Waals surface area contributed by atoms with Gasteiger partial charge in [0.25, 0.3) is 11.8 Å². The summed E-state index contributed by atoms with van der Waals surface area (Å²) < 4.78 is 0.885. The molecule has 0 radical (unpaired) electrons. The molecular weight excluding hydrogens is 344 g/mol. The number of amides is 2. The van der Waals surface area contributed by atoms with E-state index >= 15 is 0 Å². The van der Waals surface area contributed by atoms with Crippen LogP contribution in [-0.4, -0.2) is 17.9 Å². The zero-order valence-corrected chi connectivity index (χ0v) is 14.0. The van der Waals surface area contributed by atoms with Gasteiger partial charge in [-0.1, -0.05) is 28.1 Å². The van der Waals surface area contributed by atoms with E-state index in [0.29, 0.717) is 16.8 Å². The third-order valence-electron chi connectivity index (χ3n) is 2.89. The standard InChI is InChI=1S/C17H17BrN2O2/c1-11(2)19-16(21)12-5-3-6-13(9-12)17(22)20-15-8-4-7-14(18)10-15/h3-11H,1-2H3,(H,19,21)(H,20,22). The molecule has 0 aliphatic heterocycles. The van der Waals surface area contributed by atoms with Crippen LogP contribution in [0.2, 0.25) is 0 Å². The SMILES string of the molecule is CC(C)NC(=O)c1cccc(C(=O)Nc2cccc(Br)c2)c1. The molecule has 0 aromatic heterocycles. The highest BCUT2D eigenvalue weighted by molar-refractivity contribution is 9.10. The Balaban J connectivity index is 2.15. The van der Waals surface area contributed by atoms with Gasteiger partial charge in [0.15, 0.2) is 0 Å². The normalized spacial score (nSPS) is 10.4. The lowest BCUT2D eigenvalue weighted by Crippen LogP contribution is -2.30. The predicted octanol–water partition coefficient (Wildman–Crippen LogP) is 3.84. The third-order valence-corrected chi connectivity index (χ3v) is 3.38. The van der Waals surface area contributed by atoms with Crippen LogP contribution in [0, 0.1) is 0 Å². The van der Waals surface area contributed by atoms with Gasteiger partial charge >= 0.3 is 0 Å². The van der Waals surface area contributed by atoms with Gasteiger partial charge in [-0.05, 0) is 50.2 Å². The van der Waals surface area contributed by atoms with Crippen LogP contribution in [0.1, 0.15) is 34.6 Å². The maximum Gasteiger partial charge on any atom is 0.255 e. The molecule has 0 spiro atoms. The lowest BCUT2D eigenvalue weighted by atomic mass is 10.1. The Bertz CT molecular complexity index is 699. The number of halogens is 1. The largest absolute Gasteiger partial charge is 0.350 e. The van der Waals surface area contributed by atoms with Crippen molar-refractivity contribution in [1.82, 2.24) is 5.32 Å². The summed E-state index contributed by atoms with van der Waals surface area (Å²) in [6.45, 7) is 3.78. The molecule has 0 saturated heterocycles. The van der Waals surface area contributed by atoms with Gasteiger partial charge in [-0.3, -0.25) is 9.59 Å². The van der Waals surface area contributed by atoms with Gasteiger partial charge in [-0.25, -0.2) is 0 Å². The zero-order valence-electron chi connectivity index (χ0n) is 12.4. The Morgan fingerprint density at radius 1 is 0.955 bits per heavy atom. The van der Waals surface area contributed by atoms with E-state index in [1.54, 1.807) is 30.3 Å². The first-order valence-electron chi connectivity index (χ1n) is 6.93. The second-order valence-electron chi connectivity index (χ2n) is 5.17. The molecule has 0 unspecified atom stereocenters. The first-order chi connectivity index (χ1) is 10.5. The van der Waals surface area contributed by atoms with E-state index in [4.69, 9.17) is 0 Å². The quantitative estimate of drug-likeness (QED) is 0.869. The summed E-state index contributed by atoms with van der Waals surface area (Å²) >= 11 is 3.36. The second-order valence-corrected chi connectivity index (χ2v) is 6.09. The summed E-state index contributed by atoms with van der Waals surface area (Å²) in [7, 11) is 0. The van der Waals surface area contributed by atoms with Crippen LogP contribution in [-0.2, 0) is 0 Å². The van der Waals surface area contributed by atoms with Crippen LogP contribution in [0.5, 0.6) is 0 Å². The number of anilines is 1. The van der Waals surface area contributed by atoms with E-state index in [2.05, 4.69) is 26.6 Å². The highest BCUT2D eigenvalue weighted by Gasteiger charge is 2.11. The second kappa shape index (κ2) is 7.22. The number of hydrogen-bond acceptors (Lipinski definition) is 2. The van der Waals surface area contributed by atoms with E-state index in [-0.39, 0.29) is 17.9 Å². The molecule has 2 N–H and O–H groups in total. The first kappa shape index (κ1) is 16.2. The van der Waals surface area contributed by atoms with E-state index in [9.17, 15) is 9.59 Å². The Morgan fingerprint density at radius 2 is 1.59 bits per heavy atom. The van der Waals surface area contributed by atoms with Crippen molar-refractivity contribution >= 4 is 33.4 Å². The molecule has 4 nitrogen and oxygen atoms in total. The summed E-state index contributed by atoms with van der Waals surface area (Å²) in [5, 5.41) is 5.61. The van der Waals surface area contributed by atoms with Crippen molar-refractivity contribution in [1.29, 1.82) is 0 Å². The minimum atomic E-state index is -0.253. The van der Waals surface area contributed by atoms with Gasteiger partial charge < -0.3 is 10.6 Å². The lowest BCUT2D eigenvalue weighted by molar-refractivity contribution is 0.0943. The van der Waals surface area contributed by atoms with E-state index in [1.165, 1.54) is 0 Å². The molecule has 0 bridgehead atoms. The Kier molecular flexibility index (Phi) is 5.33. The van der Waals surface area contributed by atoms with Crippen LogP contribution in [0.3, 0.4) is 0 Å². The van der Waals surface area contributed by atoms with Crippen molar-refractivity contribution in [3.05, 3.63) is 64.1 Å². The van der Waals surface area contributed by atoms with Crippen LogP contribution in [0.25, 0.3) is 0 Å². The Morgan fingerprint density at radius 3 is 2.23 bits per heavy atom. The smallest absolute Gasteiger partial charge is 0.255 e. The molecule has 0 atom stereocenters. The number of carbonyl (C=O) groups is 2. The highest BCUT2D eigenvalue weighted by Crippen LogP contribution is 2.17. The summed E-state index contributed by atoms with van der Waals surface area (Å²) in [6.07, 6.45) is 0. The topological polar surface area (TPSA) is 58.2 Å². The fourth-order valence-electron chi connectivity index (χ4n) is 1.92. The maximum atomic E-state index is 12.3. The number of carbonyl (C=O) groups excluding carboxylic acids is 2. The van der Waals surface area contributed by atoms with E-state index < -0.39 is 0 Å². The van der Waals surface area contributed by atoms with Crippen molar-refractivity contribution < 1.29 is 9.59 Å². The molecule has 2 amide bonds. The average Bonchev–Trinajstić information content (AvgIpc) is 2.46. The molecule has 0 aliphatic rings. The van der Waals surface area contributed by atoms with Crippen LogP contribution < -0.4 is 10.6 Å². The average molecular weight is 361 g/mol. The minimum absolute atomic E-state index is 0.0478. The van der Waals surface area contributed by atoms with Crippen molar-refractivity contribution in [2.45, 2.75) is 19.9 Å². The van der Waals surface area contributed by atoms with Crippen molar-refractivity contribution in [3.8, 4) is 0 Å². The number of hydrogen-bond donors (Lipinski definition) is 2. The number of benzene rings is 2. The molecule has 2 rings (SSSR count). The monoisotopic (exact) mass is 360 g/mol. The van der Waals surface area contributed by atoms with Crippen LogP contribution in [0.15, 0.2) is 53.0 Å². The van der Waals surface area contributed by atoms with Gasteiger partial charge in [0.1, 0.15) is 0 Å². The molecule has 0 fully saturated rings. The van der Waals surface area contributed by atoms with E-state index in [1.807, 2.05) is 32.0 Å². The molecule has 0 aliphatic carbocycles. The van der Waals surface area contributed by atoms with Gasteiger partial charge in [0.05, 0.1) is 0 Å². The molecule has 2 aromatic carbocycles. The third kappa shape index (κ3) is 4.43. The van der Waals surface area contributed by atoms with Gasteiger partial charge in [-0.2, -0.15) is 0 Å². The predicted molar refractivity (Wildman–Crippen MR) is 91.1 cm³/mol. The highest BCUT2D eigenvalue weighted by atomic mass is 79.9. The van der Waals surface area contributed by atoms with E-state index in [0.717, 1.165) is 4.47 Å². The van der Waals surface area contributed by atoms with Gasteiger partial charge in [0.2, 0.25) is 0 Å². The number of rotatable bonds is 4. The minimum Gasteiger partial charge on any atom is -0.350 e. The summed E-state index contributed by atoms with van der Waals surface area (Å²) in [4.78, 5) is 24.2. The summed E-state index contributed by atoms with van der Waals surface area (Å²) in [5.41, 5.74) is 1.60. The summed E-state index contributed by atoms with van der Waals surface area (Å²) in [6, 6.07) is 14.0. The molecule has 2 aromatic rings. The van der Waals surface area contributed by atoms with Crippen molar-refractivity contribution in [2.24, 2.45) is 0 Å². The van der Waals surface area contributed by atoms with Crippen molar-refractivity contribution in [3.63, 3.8) is 0 Å². The molecule has 0 heterocycles. The van der Waals surface area contributed by atoms with Gasteiger partial charge in [0, 0.05) is 27.3 Å². The first-order valence-corrected chi connectivity index (χ1v) is 7.73. The zero-order chi connectivity index (χ0) is 16.1. The Labute approximate surface area is 138 Å². The maximum absolute atomic E-state index is 12.3. The fraction of sp³-hybridized carbons (Fsp3) is 0.176. The molecule has 114 valence electrons. The molecule has 22 heavy (non-hydrogen) atoms. The van der Waals surface area contributed by atoms with Crippen LogP contribution >= 0.6 is 15.9 Å². The fourth-order valence-corrected chi connectivity index (χ4v) is 2.32. The molecule has 0 saturated carbocycles. The van der Waals surface area contributed by atoms with Crippen molar-refractivity contribution in [2.75, 3.05) is 5.32 Å². The Hall–Kier alpha value is -2.14. The number of nitrogens with one attached hydrogen (secondary N) is 2. The summed E-state index contributed by atoms with van der Waals surface area (Å²) in [5.74, 6) is -0.440. The van der Waals surface area contributed by atoms with Gasteiger partial charge in [-0.15, -0.1) is 0 Å². The molecular formula is C17H17BrN2O2. The molecule has 5 heteroatoms. The lowest BCUT2D eigenvalue weighted by Gasteiger charge is -2.10.